The number of benzene rings is 2. The van der Waals surface area contributed by atoms with Crippen LogP contribution in [-0.4, -0.2) is 55.6 Å². The van der Waals surface area contributed by atoms with Crippen LogP contribution in [0.25, 0.3) is 0 Å². The van der Waals surface area contributed by atoms with Gasteiger partial charge in [-0.15, -0.1) is 0 Å². The smallest absolute Gasteiger partial charge is 0.314 e. The van der Waals surface area contributed by atoms with Gasteiger partial charge in [-0.05, 0) is 61.6 Å². The zero-order valence-corrected chi connectivity index (χ0v) is 21.8. The molecule has 0 radical (unpaired) electrons. The molecule has 0 aromatic heterocycles. The molecule has 2 aromatic rings. The number of amides is 2. The SMILES string of the molecule is CN(C)C(=O)c1ccc(N2CCC3(CC2)CC3CCCNC(=O)[C@]2(O)c3ccccc3C2(F)F)cc1Cl. The van der Waals surface area contributed by atoms with Gasteiger partial charge in [0.1, 0.15) is 0 Å². The van der Waals surface area contributed by atoms with Crippen LogP contribution in [0.3, 0.4) is 0 Å². The van der Waals surface area contributed by atoms with E-state index in [9.17, 15) is 23.5 Å². The van der Waals surface area contributed by atoms with Crippen molar-refractivity contribution in [2.45, 2.75) is 43.6 Å². The van der Waals surface area contributed by atoms with Crippen LogP contribution in [0, 0.1) is 11.3 Å². The maximum Gasteiger partial charge on any atom is 0.314 e. The molecule has 6 nitrogen and oxygen atoms in total. The summed E-state index contributed by atoms with van der Waals surface area (Å²) in [5, 5.41) is 13.5. The lowest BCUT2D eigenvalue weighted by Gasteiger charge is -2.45. The number of hydrogen-bond donors (Lipinski definition) is 2. The molecule has 2 aromatic carbocycles. The first-order valence-electron chi connectivity index (χ1n) is 12.8. The molecule has 2 aliphatic carbocycles. The van der Waals surface area contributed by atoms with E-state index in [2.05, 4.69) is 10.2 Å². The average molecular weight is 532 g/mol. The highest BCUT2D eigenvalue weighted by Gasteiger charge is 2.70. The summed E-state index contributed by atoms with van der Waals surface area (Å²) >= 11 is 6.39. The van der Waals surface area contributed by atoms with Crippen molar-refractivity contribution in [1.29, 1.82) is 0 Å². The highest BCUT2D eigenvalue weighted by molar-refractivity contribution is 6.34. The average Bonchev–Trinajstić information content (AvgIpc) is 3.56. The standard InChI is InChI=1S/C28H32ClF2N3O3/c1-33(2)24(35)20-10-9-19(16-23(20)29)34-14-11-26(12-15-34)17-18(26)6-5-13-32-25(36)27(37)21-7-3-4-8-22(21)28(27,30)31/h3-4,7-10,16,18,37H,5-6,11-15,17H2,1-2H3,(H,32,36)/t18?,27-/m1/s1. The van der Waals surface area contributed by atoms with Gasteiger partial charge in [0.05, 0.1) is 10.6 Å². The van der Waals surface area contributed by atoms with Crippen molar-refractivity contribution in [2.24, 2.45) is 11.3 Å². The Balaban J connectivity index is 1.08. The van der Waals surface area contributed by atoms with Gasteiger partial charge in [0.15, 0.2) is 0 Å². The molecular formula is C28H32ClF2N3O3. The molecule has 5 rings (SSSR count). The molecule has 1 aliphatic heterocycles. The molecule has 1 unspecified atom stereocenters. The minimum atomic E-state index is -3.59. The van der Waals surface area contributed by atoms with E-state index in [1.807, 2.05) is 12.1 Å². The van der Waals surface area contributed by atoms with Gasteiger partial charge in [-0.25, -0.2) is 0 Å². The van der Waals surface area contributed by atoms with Gasteiger partial charge >= 0.3 is 5.92 Å². The molecule has 37 heavy (non-hydrogen) atoms. The lowest BCUT2D eigenvalue weighted by Crippen LogP contribution is -2.62. The number of aliphatic hydroxyl groups is 1. The van der Waals surface area contributed by atoms with Gasteiger partial charge in [-0.1, -0.05) is 35.9 Å². The maximum absolute atomic E-state index is 14.4. The zero-order chi connectivity index (χ0) is 26.6. The summed E-state index contributed by atoms with van der Waals surface area (Å²) in [7, 11) is 3.40. The first-order valence-corrected chi connectivity index (χ1v) is 13.1. The number of hydrogen-bond acceptors (Lipinski definition) is 4. The highest BCUT2D eigenvalue weighted by Crippen LogP contribution is 2.61. The topological polar surface area (TPSA) is 72.9 Å². The lowest BCUT2D eigenvalue weighted by atomic mass is 9.69. The Morgan fingerprint density at radius 2 is 1.81 bits per heavy atom. The first kappa shape index (κ1) is 25.9. The number of carbonyl (C=O) groups is 2. The minimum absolute atomic E-state index is 0.0226. The maximum atomic E-state index is 14.4. The molecule has 2 amide bonds. The first-order chi connectivity index (χ1) is 17.5. The molecule has 1 spiro atoms. The summed E-state index contributed by atoms with van der Waals surface area (Å²) in [4.78, 5) is 28.5. The normalized spacial score (nSPS) is 24.7. The molecule has 0 bridgehead atoms. The number of nitrogens with one attached hydrogen (secondary N) is 1. The van der Waals surface area contributed by atoms with Crippen molar-refractivity contribution in [3.63, 3.8) is 0 Å². The number of halogens is 3. The van der Waals surface area contributed by atoms with E-state index in [0.29, 0.717) is 28.3 Å². The van der Waals surface area contributed by atoms with Crippen molar-refractivity contribution in [3.8, 4) is 0 Å². The minimum Gasteiger partial charge on any atom is -0.371 e. The summed E-state index contributed by atoms with van der Waals surface area (Å²) in [6, 6.07) is 11.2. The number of anilines is 1. The van der Waals surface area contributed by atoms with Crippen molar-refractivity contribution in [3.05, 3.63) is 64.2 Å². The van der Waals surface area contributed by atoms with Crippen LogP contribution in [0.5, 0.6) is 0 Å². The monoisotopic (exact) mass is 531 g/mol. The summed E-state index contributed by atoms with van der Waals surface area (Å²) in [6.07, 6.45) is 4.85. The number of nitrogens with zero attached hydrogens (tertiary/aromatic N) is 2. The van der Waals surface area contributed by atoms with Gasteiger partial charge in [0.2, 0.25) is 5.60 Å². The van der Waals surface area contributed by atoms with E-state index in [1.165, 1.54) is 23.1 Å². The Morgan fingerprint density at radius 1 is 1.14 bits per heavy atom. The number of alkyl halides is 2. The third-order valence-corrected chi connectivity index (χ3v) is 8.84. The van der Waals surface area contributed by atoms with Gasteiger partial charge in [0, 0.05) is 50.5 Å². The van der Waals surface area contributed by atoms with Gasteiger partial charge in [0.25, 0.3) is 11.8 Å². The van der Waals surface area contributed by atoms with Crippen molar-refractivity contribution in [2.75, 3.05) is 38.6 Å². The summed E-state index contributed by atoms with van der Waals surface area (Å²) in [5.41, 5.74) is -1.29. The molecule has 198 valence electrons. The van der Waals surface area contributed by atoms with Crippen LogP contribution in [0.1, 0.15) is 53.6 Å². The molecular weight excluding hydrogens is 500 g/mol. The van der Waals surface area contributed by atoms with Gasteiger partial charge in [-0.2, -0.15) is 8.78 Å². The molecule has 9 heteroatoms. The third kappa shape index (κ3) is 4.18. The molecule has 2 N–H and O–H groups in total. The lowest BCUT2D eigenvalue weighted by molar-refractivity contribution is -0.222. The number of fused-ring (bicyclic) bond motifs is 1. The molecule has 2 atom stereocenters. The predicted molar refractivity (Wildman–Crippen MR) is 138 cm³/mol. The van der Waals surface area contributed by atoms with Crippen molar-refractivity contribution < 1.29 is 23.5 Å². The molecule has 2 fully saturated rings. The van der Waals surface area contributed by atoms with E-state index >= 15 is 0 Å². The Kier molecular flexibility index (Phi) is 6.47. The second-order valence-corrected chi connectivity index (χ2v) is 11.2. The van der Waals surface area contributed by atoms with E-state index < -0.39 is 17.4 Å². The van der Waals surface area contributed by atoms with Crippen LogP contribution in [0.15, 0.2) is 42.5 Å². The molecule has 1 saturated carbocycles. The zero-order valence-electron chi connectivity index (χ0n) is 21.1. The second-order valence-electron chi connectivity index (χ2n) is 10.8. The predicted octanol–water partition coefficient (Wildman–Crippen LogP) is 4.54. The van der Waals surface area contributed by atoms with Gasteiger partial charge < -0.3 is 20.2 Å². The fourth-order valence-corrected chi connectivity index (χ4v) is 6.35. The van der Waals surface area contributed by atoms with E-state index in [0.717, 1.165) is 44.5 Å². The van der Waals surface area contributed by atoms with Crippen LogP contribution >= 0.6 is 11.6 Å². The number of carbonyl (C=O) groups excluding carboxylic acids is 2. The fourth-order valence-electron chi connectivity index (χ4n) is 6.09. The fraction of sp³-hybridized carbons (Fsp3) is 0.500. The highest BCUT2D eigenvalue weighted by atomic mass is 35.5. The molecule has 1 saturated heterocycles. The summed E-state index contributed by atoms with van der Waals surface area (Å²) < 4.78 is 28.9. The van der Waals surface area contributed by atoms with E-state index in [1.54, 1.807) is 26.2 Å². The number of piperidine rings is 1. The van der Waals surface area contributed by atoms with E-state index in [4.69, 9.17) is 11.6 Å². The quantitative estimate of drug-likeness (QED) is 0.515. The van der Waals surface area contributed by atoms with Crippen LogP contribution in [0.2, 0.25) is 5.02 Å². The summed E-state index contributed by atoms with van der Waals surface area (Å²) in [6.45, 7) is 2.08. The Labute approximate surface area is 220 Å². The molecule has 1 heterocycles. The Hall–Kier alpha value is -2.71. The van der Waals surface area contributed by atoms with Gasteiger partial charge in [-0.3, -0.25) is 9.59 Å². The molecule has 3 aliphatic rings. The third-order valence-electron chi connectivity index (χ3n) is 8.53. The van der Waals surface area contributed by atoms with Crippen molar-refractivity contribution in [1.82, 2.24) is 10.2 Å². The Morgan fingerprint density at radius 3 is 2.46 bits per heavy atom. The van der Waals surface area contributed by atoms with Crippen LogP contribution in [-0.2, 0) is 16.3 Å². The van der Waals surface area contributed by atoms with E-state index in [-0.39, 0.29) is 23.6 Å². The largest absolute Gasteiger partial charge is 0.371 e. The van der Waals surface area contributed by atoms with Crippen molar-refractivity contribution >= 4 is 29.1 Å². The Bertz CT molecular complexity index is 1230. The number of rotatable bonds is 7. The van der Waals surface area contributed by atoms with Crippen LogP contribution in [0.4, 0.5) is 14.5 Å². The second kappa shape index (κ2) is 9.24. The summed E-state index contributed by atoms with van der Waals surface area (Å²) in [5.74, 6) is -4.18. The van der Waals surface area contributed by atoms with Crippen LogP contribution < -0.4 is 10.2 Å².